The highest BCUT2D eigenvalue weighted by molar-refractivity contribution is 5.92. The first-order chi connectivity index (χ1) is 14.4. The van der Waals surface area contributed by atoms with Crippen molar-refractivity contribution in [1.29, 1.82) is 0 Å². The van der Waals surface area contributed by atoms with Gasteiger partial charge in [0, 0.05) is 12.2 Å². The van der Waals surface area contributed by atoms with Crippen LogP contribution in [0.5, 0.6) is 0 Å². The molecule has 1 heterocycles. The van der Waals surface area contributed by atoms with Crippen LogP contribution >= 0.6 is 0 Å². The molecule has 0 atom stereocenters. The Morgan fingerprint density at radius 1 is 1.13 bits per heavy atom. The number of carbonyl (C=O) groups excluding carboxylic acids is 1. The van der Waals surface area contributed by atoms with Crippen molar-refractivity contribution in [2.45, 2.75) is 66.0 Å². The SMILES string of the molecule is CCOC(=O)c1ccc(NC2CCC(C(C)(C)C)CC2)c(NCc2ccncn2)c1. The maximum Gasteiger partial charge on any atom is 0.338 e. The Balaban J connectivity index is 1.72. The summed E-state index contributed by atoms with van der Waals surface area (Å²) in [5.41, 5.74) is 3.71. The summed E-state index contributed by atoms with van der Waals surface area (Å²) in [7, 11) is 0. The Bertz CT molecular complexity index is 825. The standard InChI is InChI=1S/C24H34N4O2/c1-5-30-23(29)17-6-11-21(22(14-17)26-15-20-12-13-25-16-27-20)28-19-9-7-18(8-10-19)24(2,3)4/h6,11-14,16,18-19,26,28H,5,7-10,15H2,1-4H3. The smallest absolute Gasteiger partial charge is 0.338 e. The van der Waals surface area contributed by atoms with Gasteiger partial charge in [0.15, 0.2) is 0 Å². The van der Waals surface area contributed by atoms with E-state index in [-0.39, 0.29) is 5.97 Å². The second kappa shape index (κ2) is 9.92. The molecule has 1 aliphatic rings. The summed E-state index contributed by atoms with van der Waals surface area (Å²) in [6.45, 7) is 9.76. The summed E-state index contributed by atoms with van der Waals surface area (Å²) < 4.78 is 5.17. The lowest BCUT2D eigenvalue weighted by Gasteiger charge is -2.37. The third-order valence-electron chi connectivity index (χ3n) is 5.95. The van der Waals surface area contributed by atoms with Crippen molar-refractivity contribution in [2.24, 2.45) is 11.3 Å². The molecule has 1 aromatic carbocycles. The molecule has 2 aromatic rings. The van der Waals surface area contributed by atoms with Gasteiger partial charge >= 0.3 is 5.97 Å². The number of aromatic nitrogens is 2. The zero-order valence-corrected chi connectivity index (χ0v) is 18.6. The molecule has 3 rings (SSSR count). The lowest BCUT2D eigenvalue weighted by Crippen LogP contribution is -2.31. The van der Waals surface area contributed by atoms with Crippen molar-refractivity contribution >= 4 is 17.3 Å². The first-order valence-corrected chi connectivity index (χ1v) is 10.9. The predicted molar refractivity (Wildman–Crippen MR) is 121 cm³/mol. The lowest BCUT2D eigenvalue weighted by molar-refractivity contribution is 0.0526. The quantitative estimate of drug-likeness (QED) is 0.605. The molecule has 6 heteroatoms. The van der Waals surface area contributed by atoms with Gasteiger partial charge in [-0.05, 0) is 68.2 Å². The van der Waals surface area contributed by atoms with Crippen molar-refractivity contribution in [3.63, 3.8) is 0 Å². The summed E-state index contributed by atoms with van der Waals surface area (Å²) in [6, 6.07) is 7.99. The topological polar surface area (TPSA) is 76.1 Å². The molecule has 30 heavy (non-hydrogen) atoms. The van der Waals surface area contributed by atoms with Gasteiger partial charge in [0.2, 0.25) is 0 Å². The fraction of sp³-hybridized carbons (Fsp3) is 0.542. The first-order valence-electron chi connectivity index (χ1n) is 10.9. The second-order valence-corrected chi connectivity index (χ2v) is 9.09. The van der Waals surface area contributed by atoms with E-state index in [2.05, 4.69) is 41.4 Å². The van der Waals surface area contributed by atoms with E-state index < -0.39 is 0 Å². The molecule has 1 saturated carbocycles. The van der Waals surface area contributed by atoms with Gasteiger partial charge in [-0.25, -0.2) is 14.8 Å². The Morgan fingerprint density at radius 3 is 2.53 bits per heavy atom. The number of hydrogen-bond acceptors (Lipinski definition) is 6. The fourth-order valence-electron chi connectivity index (χ4n) is 4.09. The third kappa shape index (κ3) is 5.94. The molecular formula is C24H34N4O2. The zero-order chi connectivity index (χ0) is 21.6. The molecule has 1 aromatic heterocycles. The normalized spacial score (nSPS) is 19.2. The number of hydrogen-bond donors (Lipinski definition) is 2. The molecule has 0 bridgehead atoms. The van der Waals surface area contributed by atoms with Crippen LogP contribution in [-0.2, 0) is 11.3 Å². The summed E-state index contributed by atoms with van der Waals surface area (Å²) in [4.78, 5) is 20.4. The first kappa shape index (κ1) is 22.1. The van der Waals surface area contributed by atoms with Crippen LogP contribution in [0.1, 0.15) is 69.4 Å². The Morgan fingerprint density at radius 2 is 1.90 bits per heavy atom. The van der Waals surface area contributed by atoms with Gasteiger partial charge in [-0.2, -0.15) is 0 Å². The Kier molecular flexibility index (Phi) is 7.29. The van der Waals surface area contributed by atoms with Crippen LogP contribution in [0.3, 0.4) is 0 Å². The number of nitrogens with zero attached hydrogens (tertiary/aromatic N) is 2. The van der Waals surface area contributed by atoms with Crippen LogP contribution in [-0.4, -0.2) is 28.6 Å². The van der Waals surface area contributed by atoms with Gasteiger partial charge < -0.3 is 15.4 Å². The van der Waals surface area contributed by atoms with Crippen molar-refractivity contribution in [3.8, 4) is 0 Å². The molecule has 0 spiro atoms. The van der Waals surface area contributed by atoms with Crippen molar-refractivity contribution in [3.05, 3.63) is 48.0 Å². The molecule has 6 nitrogen and oxygen atoms in total. The number of rotatable bonds is 7. The lowest BCUT2D eigenvalue weighted by atomic mass is 9.71. The Labute approximate surface area is 179 Å². The number of benzene rings is 1. The van der Waals surface area contributed by atoms with E-state index in [4.69, 9.17) is 4.74 Å². The van der Waals surface area contributed by atoms with Crippen LogP contribution in [0.4, 0.5) is 11.4 Å². The minimum atomic E-state index is -0.306. The average Bonchev–Trinajstić information content (AvgIpc) is 2.73. The van der Waals surface area contributed by atoms with Crippen molar-refractivity contribution in [2.75, 3.05) is 17.2 Å². The van der Waals surface area contributed by atoms with Gasteiger partial charge in [0.05, 0.1) is 35.8 Å². The molecule has 0 saturated heterocycles. The molecule has 0 aliphatic heterocycles. The van der Waals surface area contributed by atoms with Crippen molar-refractivity contribution < 1.29 is 9.53 Å². The van der Waals surface area contributed by atoms with E-state index in [0.29, 0.717) is 30.2 Å². The molecule has 0 unspecified atom stereocenters. The number of esters is 1. The molecule has 1 fully saturated rings. The maximum absolute atomic E-state index is 12.2. The van der Waals surface area contributed by atoms with Crippen LogP contribution in [0.2, 0.25) is 0 Å². The molecule has 2 N–H and O–H groups in total. The third-order valence-corrected chi connectivity index (χ3v) is 5.95. The predicted octanol–water partition coefficient (Wildman–Crippen LogP) is 5.28. The second-order valence-electron chi connectivity index (χ2n) is 9.09. The maximum atomic E-state index is 12.2. The molecule has 162 valence electrons. The number of ether oxygens (including phenoxy) is 1. The summed E-state index contributed by atoms with van der Waals surface area (Å²) in [5.74, 6) is 0.469. The largest absolute Gasteiger partial charge is 0.462 e. The van der Waals surface area contributed by atoms with Gasteiger partial charge in [-0.1, -0.05) is 20.8 Å². The monoisotopic (exact) mass is 410 g/mol. The summed E-state index contributed by atoms with van der Waals surface area (Å²) in [6.07, 6.45) is 8.07. The van der Waals surface area contributed by atoms with Crippen LogP contribution < -0.4 is 10.6 Å². The van der Waals surface area contributed by atoms with E-state index in [0.717, 1.165) is 35.8 Å². The van der Waals surface area contributed by atoms with E-state index in [1.807, 2.05) is 31.2 Å². The highest BCUT2D eigenvalue weighted by Gasteiger charge is 2.29. The van der Waals surface area contributed by atoms with E-state index in [1.165, 1.54) is 12.8 Å². The van der Waals surface area contributed by atoms with Gasteiger partial charge in [0.1, 0.15) is 6.33 Å². The average molecular weight is 411 g/mol. The van der Waals surface area contributed by atoms with Crippen LogP contribution in [0.15, 0.2) is 36.8 Å². The Hall–Kier alpha value is -2.63. The number of anilines is 2. The van der Waals surface area contributed by atoms with Gasteiger partial charge in [-0.3, -0.25) is 0 Å². The van der Waals surface area contributed by atoms with Crippen LogP contribution in [0, 0.1) is 11.3 Å². The summed E-state index contributed by atoms with van der Waals surface area (Å²) >= 11 is 0. The minimum absolute atomic E-state index is 0.306. The van der Waals surface area contributed by atoms with Gasteiger partial charge in [-0.15, -0.1) is 0 Å². The van der Waals surface area contributed by atoms with Crippen LogP contribution in [0.25, 0.3) is 0 Å². The highest BCUT2D eigenvalue weighted by Crippen LogP contribution is 2.39. The highest BCUT2D eigenvalue weighted by atomic mass is 16.5. The number of nitrogens with one attached hydrogen (secondary N) is 2. The van der Waals surface area contributed by atoms with Gasteiger partial charge in [0.25, 0.3) is 0 Å². The minimum Gasteiger partial charge on any atom is -0.462 e. The van der Waals surface area contributed by atoms with E-state index >= 15 is 0 Å². The summed E-state index contributed by atoms with van der Waals surface area (Å²) in [5, 5.41) is 7.14. The van der Waals surface area contributed by atoms with E-state index in [9.17, 15) is 4.79 Å². The van der Waals surface area contributed by atoms with Crippen molar-refractivity contribution in [1.82, 2.24) is 9.97 Å². The number of carbonyl (C=O) groups is 1. The molecular weight excluding hydrogens is 376 g/mol. The molecule has 0 radical (unpaired) electrons. The fourth-order valence-corrected chi connectivity index (χ4v) is 4.09. The molecule has 1 aliphatic carbocycles. The molecule has 0 amide bonds. The zero-order valence-electron chi connectivity index (χ0n) is 18.6. The van der Waals surface area contributed by atoms with E-state index in [1.54, 1.807) is 12.5 Å².